The van der Waals surface area contributed by atoms with Gasteiger partial charge in [0.05, 0.1) is 11.8 Å². The Labute approximate surface area is 106 Å². The fourth-order valence-corrected chi connectivity index (χ4v) is 3.17. The summed E-state index contributed by atoms with van der Waals surface area (Å²) in [7, 11) is -3.41. The summed E-state index contributed by atoms with van der Waals surface area (Å²) in [6.45, 7) is 3.36. The van der Waals surface area contributed by atoms with E-state index in [1.807, 2.05) is 25.1 Å². The number of carbonyl (C=O) groups excluding carboxylic acids is 1. The fourth-order valence-electron chi connectivity index (χ4n) is 2.11. The predicted octanol–water partition coefficient (Wildman–Crippen LogP) is 1.89. The molecule has 96 valence electrons. The Bertz CT molecular complexity index is 726. The molecule has 4 nitrogen and oxygen atoms in total. The first-order valence-corrected chi connectivity index (χ1v) is 7.45. The van der Waals surface area contributed by atoms with Crippen molar-refractivity contribution in [1.29, 1.82) is 0 Å². The third-order valence-electron chi connectivity index (χ3n) is 2.75. The number of rotatable bonds is 3. The summed E-state index contributed by atoms with van der Waals surface area (Å²) < 4.78 is 25.0. The zero-order valence-electron chi connectivity index (χ0n) is 10.6. The number of ketones is 1. The molecule has 1 aromatic carbocycles. The molecule has 0 atom stereocenters. The summed E-state index contributed by atoms with van der Waals surface area (Å²) in [4.78, 5) is 11.2. The van der Waals surface area contributed by atoms with E-state index in [2.05, 4.69) is 0 Å². The summed E-state index contributed by atoms with van der Waals surface area (Å²) in [6.07, 6.45) is 1.28. The summed E-state index contributed by atoms with van der Waals surface area (Å²) in [5.74, 6) is -0.0561. The molecular formula is C13H15NO3S. The van der Waals surface area contributed by atoms with Crippen LogP contribution in [0.15, 0.2) is 24.3 Å². The molecule has 18 heavy (non-hydrogen) atoms. The van der Waals surface area contributed by atoms with Crippen molar-refractivity contribution in [2.45, 2.75) is 20.3 Å². The van der Waals surface area contributed by atoms with Gasteiger partial charge in [0.25, 0.3) is 0 Å². The van der Waals surface area contributed by atoms with Crippen molar-refractivity contribution in [3.63, 3.8) is 0 Å². The van der Waals surface area contributed by atoms with Gasteiger partial charge in [0.15, 0.2) is 0 Å². The first-order valence-electron chi connectivity index (χ1n) is 5.60. The molecule has 0 amide bonds. The highest BCUT2D eigenvalue weighted by atomic mass is 32.2. The van der Waals surface area contributed by atoms with E-state index in [1.165, 1.54) is 10.9 Å². The van der Waals surface area contributed by atoms with Gasteiger partial charge in [-0.3, -0.25) is 4.79 Å². The van der Waals surface area contributed by atoms with Crippen molar-refractivity contribution in [2.24, 2.45) is 0 Å². The zero-order valence-corrected chi connectivity index (χ0v) is 11.4. The van der Waals surface area contributed by atoms with Gasteiger partial charge in [-0.2, -0.15) is 0 Å². The molecule has 0 saturated heterocycles. The van der Waals surface area contributed by atoms with E-state index >= 15 is 0 Å². The fraction of sp³-hybridized carbons (Fsp3) is 0.308. The quantitative estimate of drug-likeness (QED) is 0.851. The summed E-state index contributed by atoms with van der Waals surface area (Å²) in [5.41, 5.74) is 2.14. The van der Waals surface area contributed by atoms with Gasteiger partial charge in [-0.1, -0.05) is 12.1 Å². The highest BCUT2D eigenvalue weighted by Crippen LogP contribution is 2.23. The smallest absolute Gasteiger partial charge is 0.236 e. The average molecular weight is 265 g/mol. The van der Waals surface area contributed by atoms with E-state index in [4.69, 9.17) is 0 Å². The molecule has 1 aromatic heterocycles. The number of hydrogen-bond donors (Lipinski definition) is 0. The number of carbonyl (C=O) groups is 1. The molecule has 1 heterocycles. The van der Waals surface area contributed by atoms with Gasteiger partial charge in [-0.05, 0) is 31.5 Å². The number of hydrogen-bond acceptors (Lipinski definition) is 3. The Morgan fingerprint density at radius 3 is 2.50 bits per heavy atom. The second-order valence-corrected chi connectivity index (χ2v) is 6.44. The van der Waals surface area contributed by atoms with Gasteiger partial charge in [0.2, 0.25) is 10.0 Å². The molecule has 0 saturated carbocycles. The molecule has 2 aromatic rings. The Morgan fingerprint density at radius 1 is 1.28 bits per heavy atom. The number of fused-ring (bicyclic) bond motifs is 1. The molecular weight excluding hydrogens is 250 g/mol. The molecule has 0 unspecified atom stereocenters. The van der Waals surface area contributed by atoms with Crippen LogP contribution in [-0.2, 0) is 21.2 Å². The lowest BCUT2D eigenvalue weighted by atomic mass is 10.2. The molecule has 5 heteroatoms. The Kier molecular flexibility index (Phi) is 3.02. The maximum Gasteiger partial charge on any atom is 0.236 e. The average Bonchev–Trinajstić information content (AvgIpc) is 2.52. The molecule has 0 aliphatic carbocycles. The van der Waals surface area contributed by atoms with Gasteiger partial charge in [-0.15, -0.1) is 0 Å². The normalized spacial score (nSPS) is 11.9. The summed E-state index contributed by atoms with van der Waals surface area (Å²) in [6, 6.07) is 7.37. The Balaban J connectivity index is 2.82. The zero-order chi connectivity index (χ0) is 13.5. The standard InChI is InChI=1S/C13H15NO3S/c1-9-4-5-11-8-12(7-10(2)15)14(13(11)6-9)18(3,16)17/h4-6,8H,7H2,1-3H3. The predicted molar refractivity (Wildman–Crippen MR) is 71.3 cm³/mol. The maximum atomic E-state index is 11.9. The third-order valence-corrected chi connectivity index (χ3v) is 3.84. The van der Waals surface area contributed by atoms with Crippen LogP contribution in [0.25, 0.3) is 10.9 Å². The molecule has 0 aliphatic heterocycles. The van der Waals surface area contributed by atoms with E-state index in [-0.39, 0.29) is 12.2 Å². The lowest BCUT2D eigenvalue weighted by molar-refractivity contribution is -0.116. The van der Waals surface area contributed by atoms with Crippen molar-refractivity contribution >= 4 is 26.7 Å². The minimum Gasteiger partial charge on any atom is -0.300 e. The van der Waals surface area contributed by atoms with Gasteiger partial charge in [-0.25, -0.2) is 12.4 Å². The number of Topliss-reactive ketones (excluding diaryl/α,β-unsaturated/α-hetero) is 1. The van der Waals surface area contributed by atoms with Gasteiger partial charge >= 0.3 is 0 Å². The van der Waals surface area contributed by atoms with Gasteiger partial charge in [0.1, 0.15) is 5.78 Å². The van der Waals surface area contributed by atoms with E-state index in [0.29, 0.717) is 11.2 Å². The van der Waals surface area contributed by atoms with Crippen LogP contribution in [0.4, 0.5) is 0 Å². The second-order valence-electron chi connectivity index (χ2n) is 4.60. The van der Waals surface area contributed by atoms with Crippen LogP contribution in [0, 0.1) is 6.92 Å². The van der Waals surface area contributed by atoms with Crippen molar-refractivity contribution in [3.8, 4) is 0 Å². The largest absolute Gasteiger partial charge is 0.300 e. The first-order chi connectivity index (χ1) is 8.29. The van der Waals surface area contributed by atoms with Crippen molar-refractivity contribution in [3.05, 3.63) is 35.5 Å². The van der Waals surface area contributed by atoms with Gasteiger partial charge < -0.3 is 0 Å². The lowest BCUT2D eigenvalue weighted by Gasteiger charge is -2.07. The highest BCUT2D eigenvalue weighted by Gasteiger charge is 2.17. The van der Waals surface area contributed by atoms with E-state index < -0.39 is 10.0 Å². The Morgan fingerprint density at radius 2 is 1.94 bits per heavy atom. The van der Waals surface area contributed by atoms with Crippen molar-refractivity contribution < 1.29 is 13.2 Å². The molecule has 0 radical (unpaired) electrons. The second kappa shape index (κ2) is 4.24. The van der Waals surface area contributed by atoms with Crippen LogP contribution in [0.3, 0.4) is 0 Å². The number of nitrogens with zero attached hydrogens (tertiary/aromatic N) is 1. The van der Waals surface area contributed by atoms with Crippen LogP contribution < -0.4 is 0 Å². The Hall–Kier alpha value is -1.62. The molecule has 0 N–H and O–H groups in total. The van der Waals surface area contributed by atoms with Crippen LogP contribution >= 0.6 is 0 Å². The summed E-state index contributed by atoms with van der Waals surface area (Å²) >= 11 is 0. The van der Waals surface area contributed by atoms with Crippen LogP contribution in [0.2, 0.25) is 0 Å². The van der Waals surface area contributed by atoms with Crippen LogP contribution in [0.5, 0.6) is 0 Å². The number of aryl methyl sites for hydroxylation is 1. The topological polar surface area (TPSA) is 56.1 Å². The minimum absolute atomic E-state index is 0.0561. The van der Waals surface area contributed by atoms with Crippen molar-refractivity contribution in [1.82, 2.24) is 3.97 Å². The molecule has 0 aliphatic rings. The molecule has 0 fully saturated rings. The molecule has 0 bridgehead atoms. The van der Waals surface area contributed by atoms with Gasteiger partial charge in [0, 0.05) is 17.5 Å². The third kappa shape index (κ3) is 2.31. The molecule has 2 rings (SSSR count). The molecule has 0 spiro atoms. The van der Waals surface area contributed by atoms with Crippen LogP contribution in [-0.4, -0.2) is 24.4 Å². The maximum absolute atomic E-state index is 11.9. The number of aromatic nitrogens is 1. The van der Waals surface area contributed by atoms with E-state index in [1.54, 1.807) is 6.07 Å². The van der Waals surface area contributed by atoms with E-state index in [9.17, 15) is 13.2 Å². The minimum atomic E-state index is -3.41. The SMILES string of the molecule is CC(=O)Cc1cc2ccc(C)cc2n1S(C)(=O)=O. The van der Waals surface area contributed by atoms with Crippen molar-refractivity contribution in [2.75, 3.05) is 6.26 Å². The van der Waals surface area contributed by atoms with E-state index in [0.717, 1.165) is 17.2 Å². The summed E-state index contributed by atoms with van der Waals surface area (Å²) in [5, 5.41) is 0.835. The highest BCUT2D eigenvalue weighted by molar-refractivity contribution is 7.89. The van der Waals surface area contributed by atoms with Crippen LogP contribution in [0.1, 0.15) is 18.2 Å². The first kappa shape index (κ1) is 12.8. The number of benzene rings is 1. The lowest BCUT2D eigenvalue weighted by Crippen LogP contribution is -2.14. The monoisotopic (exact) mass is 265 g/mol.